The molecule has 1 amide bonds. The zero-order valence-corrected chi connectivity index (χ0v) is 14.1. The summed E-state index contributed by atoms with van der Waals surface area (Å²) in [4.78, 5) is 23.6. The summed E-state index contributed by atoms with van der Waals surface area (Å²) in [6, 6.07) is 4.38. The molecule has 0 bridgehead atoms. The normalized spacial score (nSPS) is 20.8. The van der Waals surface area contributed by atoms with E-state index < -0.39 is 23.6 Å². The van der Waals surface area contributed by atoms with Crippen LogP contribution in [0, 0.1) is 5.92 Å². The summed E-state index contributed by atoms with van der Waals surface area (Å²) in [7, 11) is 0. The van der Waals surface area contributed by atoms with E-state index in [0.29, 0.717) is 5.92 Å². The molecule has 0 unspecified atom stereocenters. The van der Waals surface area contributed by atoms with E-state index in [-0.39, 0.29) is 24.6 Å². The number of esters is 1. The molecule has 2 rings (SSSR count). The molecule has 0 saturated heterocycles. The minimum absolute atomic E-state index is 0.0504. The van der Waals surface area contributed by atoms with Crippen LogP contribution in [0.25, 0.3) is 0 Å². The van der Waals surface area contributed by atoms with Gasteiger partial charge >= 0.3 is 12.1 Å². The van der Waals surface area contributed by atoms with Crippen molar-refractivity contribution in [2.75, 3.05) is 5.32 Å². The third kappa shape index (κ3) is 6.40. The number of nitrogens with one attached hydrogen (secondary N) is 1. The number of alkyl halides is 3. The van der Waals surface area contributed by atoms with Gasteiger partial charge in [0.2, 0.25) is 5.91 Å². The van der Waals surface area contributed by atoms with E-state index in [0.717, 1.165) is 37.8 Å². The van der Waals surface area contributed by atoms with Crippen LogP contribution in [0.1, 0.15) is 51.0 Å². The standard InChI is InChI=1S/C18H22F3NO3/c1-12-5-7-15(8-6-12)25-17(24)10-9-16(23)22-14-4-2-3-13(11-14)18(19,20)21/h2-4,11-12,15H,5-10H2,1H3,(H,22,23). The van der Waals surface area contributed by atoms with E-state index in [2.05, 4.69) is 12.2 Å². The quantitative estimate of drug-likeness (QED) is 0.787. The third-order valence-corrected chi connectivity index (χ3v) is 4.29. The van der Waals surface area contributed by atoms with Crippen LogP contribution in [0.4, 0.5) is 18.9 Å². The number of carbonyl (C=O) groups excluding carboxylic acids is 2. The molecule has 1 saturated carbocycles. The number of anilines is 1. The Kier molecular flexibility index (Phi) is 6.45. The second kappa shape index (κ2) is 8.36. The van der Waals surface area contributed by atoms with Crippen LogP contribution in [0.2, 0.25) is 0 Å². The highest BCUT2D eigenvalue weighted by Gasteiger charge is 2.30. The molecule has 0 atom stereocenters. The van der Waals surface area contributed by atoms with E-state index in [1.165, 1.54) is 12.1 Å². The Morgan fingerprint density at radius 2 is 1.84 bits per heavy atom. The van der Waals surface area contributed by atoms with Gasteiger partial charge in [0.1, 0.15) is 6.10 Å². The zero-order chi connectivity index (χ0) is 18.4. The molecule has 1 aromatic carbocycles. The molecule has 1 aromatic rings. The summed E-state index contributed by atoms with van der Waals surface area (Å²) in [6.07, 6.45) is -1.05. The molecule has 1 aliphatic rings. The van der Waals surface area contributed by atoms with E-state index in [1.54, 1.807) is 0 Å². The van der Waals surface area contributed by atoms with Crippen molar-refractivity contribution in [1.82, 2.24) is 0 Å². The summed E-state index contributed by atoms with van der Waals surface area (Å²) >= 11 is 0. The van der Waals surface area contributed by atoms with Crippen molar-refractivity contribution in [3.63, 3.8) is 0 Å². The average Bonchev–Trinajstić information content (AvgIpc) is 2.55. The maximum atomic E-state index is 12.6. The van der Waals surface area contributed by atoms with E-state index in [1.807, 2.05) is 0 Å². The Hall–Kier alpha value is -2.05. The summed E-state index contributed by atoms with van der Waals surface area (Å²) in [5.41, 5.74) is -0.786. The van der Waals surface area contributed by atoms with Gasteiger partial charge in [-0.05, 0) is 49.8 Å². The van der Waals surface area contributed by atoms with Gasteiger partial charge in [0.05, 0.1) is 12.0 Å². The van der Waals surface area contributed by atoms with Crippen LogP contribution < -0.4 is 5.32 Å². The SMILES string of the molecule is CC1CCC(OC(=O)CCC(=O)Nc2cccc(C(F)(F)F)c2)CC1. The molecule has 1 aliphatic carbocycles. The lowest BCUT2D eigenvalue weighted by Gasteiger charge is -2.25. The molecular weight excluding hydrogens is 335 g/mol. The van der Waals surface area contributed by atoms with Crippen molar-refractivity contribution >= 4 is 17.6 Å². The highest BCUT2D eigenvalue weighted by molar-refractivity contribution is 5.92. The number of halogens is 3. The van der Waals surface area contributed by atoms with Crippen LogP contribution in [0.5, 0.6) is 0 Å². The Balaban J connectivity index is 1.76. The van der Waals surface area contributed by atoms with Crippen LogP contribution in [0.15, 0.2) is 24.3 Å². The molecule has 0 heterocycles. The van der Waals surface area contributed by atoms with Gasteiger partial charge in [-0.3, -0.25) is 9.59 Å². The first kappa shape index (κ1) is 19.3. The molecule has 25 heavy (non-hydrogen) atoms. The van der Waals surface area contributed by atoms with Crippen molar-refractivity contribution in [2.24, 2.45) is 5.92 Å². The number of amides is 1. The fourth-order valence-corrected chi connectivity index (χ4v) is 2.80. The van der Waals surface area contributed by atoms with Gasteiger partial charge in [-0.2, -0.15) is 13.2 Å². The Labute approximate surface area is 144 Å². The second-order valence-corrected chi connectivity index (χ2v) is 6.50. The predicted molar refractivity (Wildman–Crippen MR) is 86.8 cm³/mol. The fourth-order valence-electron chi connectivity index (χ4n) is 2.80. The van der Waals surface area contributed by atoms with E-state index >= 15 is 0 Å². The highest BCUT2D eigenvalue weighted by atomic mass is 19.4. The minimum Gasteiger partial charge on any atom is -0.462 e. The molecule has 1 fully saturated rings. The largest absolute Gasteiger partial charge is 0.462 e. The van der Waals surface area contributed by atoms with Gasteiger partial charge in [-0.15, -0.1) is 0 Å². The second-order valence-electron chi connectivity index (χ2n) is 6.50. The summed E-state index contributed by atoms with van der Waals surface area (Å²) in [6.45, 7) is 2.16. The number of hydrogen-bond acceptors (Lipinski definition) is 3. The summed E-state index contributed by atoms with van der Waals surface area (Å²) in [5, 5.41) is 2.37. The van der Waals surface area contributed by atoms with Crippen molar-refractivity contribution < 1.29 is 27.5 Å². The first-order valence-electron chi connectivity index (χ1n) is 8.40. The number of ether oxygens (including phenoxy) is 1. The Morgan fingerprint density at radius 3 is 2.48 bits per heavy atom. The third-order valence-electron chi connectivity index (χ3n) is 4.29. The maximum Gasteiger partial charge on any atom is 0.416 e. The summed E-state index contributed by atoms with van der Waals surface area (Å²) in [5.74, 6) is -0.319. The number of rotatable bonds is 5. The first-order valence-corrected chi connectivity index (χ1v) is 8.40. The van der Waals surface area contributed by atoms with Crippen molar-refractivity contribution in [3.8, 4) is 0 Å². The van der Waals surface area contributed by atoms with Gasteiger partial charge < -0.3 is 10.1 Å². The molecule has 0 aromatic heterocycles. The number of benzene rings is 1. The zero-order valence-electron chi connectivity index (χ0n) is 14.1. The number of carbonyl (C=O) groups is 2. The molecule has 138 valence electrons. The molecular formula is C18H22F3NO3. The lowest BCUT2D eigenvalue weighted by atomic mass is 9.89. The maximum absolute atomic E-state index is 12.6. The van der Waals surface area contributed by atoms with Crippen molar-refractivity contribution in [2.45, 2.75) is 57.7 Å². The summed E-state index contributed by atoms with van der Waals surface area (Å²) < 4.78 is 43.2. The van der Waals surface area contributed by atoms with E-state index in [4.69, 9.17) is 4.74 Å². The topological polar surface area (TPSA) is 55.4 Å². The first-order chi connectivity index (χ1) is 11.7. The Morgan fingerprint density at radius 1 is 1.16 bits per heavy atom. The van der Waals surface area contributed by atoms with Gasteiger partial charge in [-0.25, -0.2) is 0 Å². The molecule has 4 nitrogen and oxygen atoms in total. The lowest BCUT2D eigenvalue weighted by Crippen LogP contribution is -2.24. The lowest BCUT2D eigenvalue weighted by molar-refractivity contribution is -0.151. The molecule has 0 aliphatic heterocycles. The Bertz CT molecular complexity index is 608. The van der Waals surface area contributed by atoms with Crippen molar-refractivity contribution in [3.05, 3.63) is 29.8 Å². The predicted octanol–water partition coefficient (Wildman–Crippen LogP) is 4.55. The van der Waals surface area contributed by atoms with Crippen LogP contribution in [-0.4, -0.2) is 18.0 Å². The monoisotopic (exact) mass is 357 g/mol. The molecule has 7 heteroatoms. The van der Waals surface area contributed by atoms with Crippen LogP contribution in [0.3, 0.4) is 0 Å². The van der Waals surface area contributed by atoms with Gasteiger partial charge in [-0.1, -0.05) is 13.0 Å². The van der Waals surface area contributed by atoms with Crippen LogP contribution in [-0.2, 0) is 20.5 Å². The minimum atomic E-state index is -4.47. The smallest absolute Gasteiger partial charge is 0.416 e. The molecule has 0 radical (unpaired) electrons. The van der Waals surface area contributed by atoms with Crippen LogP contribution >= 0.6 is 0 Å². The van der Waals surface area contributed by atoms with Crippen molar-refractivity contribution in [1.29, 1.82) is 0 Å². The fraction of sp³-hybridized carbons (Fsp3) is 0.556. The van der Waals surface area contributed by atoms with Gasteiger partial charge in [0, 0.05) is 12.1 Å². The van der Waals surface area contributed by atoms with Gasteiger partial charge in [0.15, 0.2) is 0 Å². The van der Waals surface area contributed by atoms with E-state index in [9.17, 15) is 22.8 Å². The highest BCUT2D eigenvalue weighted by Crippen LogP contribution is 2.30. The average molecular weight is 357 g/mol. The molecule has 1 N–H and O–H groups in total. The molecule has 0 spiro atoms. The number of hydrogen-bond donors (Lipinski definition) is 1. The van der Waals surface area contributed by atoms with Gasteiger partial charge in [0.25, 0.3) is 0 Å².